The van der Waals surface area contributed by atoms with Crippen molar-refractivity contribution >= 4 is 29.2 Å². The van der Waals surface area contributed by atoms with E-state index in [1.165, 1.54) is 0 Å². The zero-order valence-corrected chi connectivity index (χ0v) is 17.1. The van der Waals surface area contributed by atoms with Gasteiger partial charge in [0.1, 0.15) is 12.4 Å². The number of carbonyl (C=O) groups is 1. The molecule has 0 amide bonds. The van der Waals surface area contributed by atoms with Gasteiger partial charge in [0.15, 0.2) is 5.69 Å². The predicted octanol–water partition coefficient (Wildman–Crippen LogP) is 5.30. The van der Waals surface area contributed by atoms with E-state index in [4.69, 9.17) is 32.7 Å². The van der Waals surface area contributed by atoms with E-state index in [0.717, 1.165) is 16.8 Å². The van der Waals surface area contributed by atoms with Crippen LogP contribution in [0.5, 0.6) is 5.75 Å². The van der Waals surface area contributed by atoms with Gasteiger partial charge < -0.3 is 9.47 Å². The maximum absolute atomic E-state index is 11.9. The number of nitrogens with zero attached hydrogens (tertiary/aromatic N) is 2. The summed E-state index contributed by atoms with van der Waals surface area (Å²) in [5, 5.41) is 5.64. The SMILES string of the molecule is CCOC(=O)c1cc(C)n(Cc2cc(Cl)ccc2OCc2ccc(Cl)cc2)n1. The second-order valence-corrected chi connectivity index (χ2v) is 7.09. The van der Waals surface area contributed by atoms with Gasteiger partial charge in [0.25, 0.3) is 0 Å². The zero-order chi connectivity index (χ0) is 20.1. The van der Waals surface area contributed by atoms with Crippen LogP contribution in [0.1, 0.15) is 34.2 Å². The van der Waals surface area contributed by atoms with Gasteiger partial charge in [-0.3, -0.25) is 4.68 Å². The van der Waals surface area contributed by atoms with E-state index in [1.54, 1.807) is 23.7 Å². The van der Waals surface area contributed by atoms with Crippen LogP contribution in [-0.4, -0.2) is 22.4 Å². The number of benzene rings is 2. The molecule has 0 bridgehead atoms. The molecule has 3 aromatic rings. The molecule has 5 nitrogen and oxygen atoms in total. The number of hydrogen-bond donors (Lipinski definition) is 0. The van der Waals surface area contributed by atoms with Gasteiger partial charge in [-0.1, -0.05) is 35.3 Å². The predicted molar refractivity (Wildman–Crippen MR) is 109 cm³/mol. The molecule has 1 heterocycles. The Hall–Kier alpha value is -2.50. The third-order valence-corrected chi connectivity index (χ3v) is 4.60. The quantitative estimate of drug-likeness (QED) is 0.488. The fourth-order valence-electron chi connectivity index (χ4n) is 2.69. The molecule has 28 heavy (non-hydrogen) atoms. The Labute approximate surface area is 173 Å². The van der Waals surface area contributed by atoms with E-state index < -0.39 is 5.97 Å². The summed E-state index contributed by atoms with van der Waals surface area (Å²) >= 11 is 12.1. The minimum atomic E-state index is -0.436. The lowest BCUT2D eigenvalue weighted by Crippen LogP contribution is -2.09. The van der Waals surface area contributed by atoms with Crippen LogP contribution in [0.15, 0.2) is 48.5 Å². The first-order chi connectivity index (χ1) is 13.5. The average molecular weight is 419 g/mol. The van der Waals surface area contributed by atoms with Crippen molar-refractivity contribution in [3.63, 3.8) is 0 Å². The van der Waals surface area contributed by atoms with E-state index >= 15 is 0 Å². The van der Waals surface area contributed by atoms with Gasteiger partial charge in [0.05, 0.1) is 13.2 Å². The molecule has 7 heteroatoms. The van der Waals surface area contributed by atoms with Crippen LogP contribution in [0.3, 0.4) is 0 Å². The molecular formula is C21H20Cl2N2O3. The smallest absolute Gasteiger partial charge is 0.358 e. The molecule has 3 rings (SSSR count). The van der Waals surface area contributed by atoms with E-state index in [1.807, 2.05) is 43.3 Å². The Kier molecular flexibility index (Phi) is 6.60. The highest BCUT2D eigenvalue weighted by Crippen LogP contribution is 2.25. The fraction of sp³-hybridized carbons (Fsp3) is 0.238. The molecule has 0 N–H and O–H groups in total. The van der Waals surface area contributed by atoms with E-state index in [2.05, 4.69) is 5.10 Å². The third-order valence-electron chi connectivity index (χ3n) is 4.12. The summed E-state index contributed by atoms with van der Waals surface area (Å²) in [4.78, 5) is 11.9. The Morgan fingerprint density at radius 3 is 2.50 bits per heavy atom. The van der Waals surface area contributed by atoms with Crippen LogP contribution >= 0.6 is 23.2 Å². The summed E-state index contributed by atoms with van der Waals surface area (Å²) < 4.78 is 12.7. The van der Waals surface area contributed by atoms with Crippen molar-refractivity contribution in [3.8, 4) is 5.75 Å². The van der Waals surface area contributed by atoms with Crippen LogP contribution in [0.4, 0.5) is 0 Å². The minimum Gasteiger partial charge on any atom is -0.489 e. The van der Waals surface area contributed by atoms with Crippen molar-refractivity contribution in [1.82, 2.24) is 9.78 Å². The van der Waals surface area contributed by atoms with Crippen LogP contribution in [0, 0.1) is 6.92 Å². The topological polar surface area (TPSA) is 53.4 Å². The van der Waals surface area contributed by atoms with Gasteiger partial charge in [-0.2, -0.15) is 5.10 Å². The number of hydrogen-bond acceptors (Lipinski definition) is 4. The van der Waals surface area contributed by atoms with Crippen LogP contribution in [0.2, 0.25) is 10.0 Å². The fourth-order valence-corrected chi connectivity index (χ4v) is 3.01. The van der Waals surface area contributed by atoms with E-state index in [-0.39, 0.29) is 5.69 Å². The first-order valence-electron chi connectivity index (χ1n) is 8.83. The number of carbonyl (C=O) groups excluding carboxylic acids is 1. The summed E-state index contributed by atoms with van der Waals surface area (Å²) in [5.74, 6) is 0.265. The molecule has 0 aliphatic heterocycles. The molecule has 0 radical (unpaired) electrons. The molecule has 0 spiro atoms. The summed E-state index contributed by atoms with van der Waals surface area (Å²) in [5.41, 5.74) is 2.99. The van der Waals surface area contributed by atoms with Gasteiger partial charge in [-0.15, -0.1) is 0 Å². The first-order valence-corrected chi connectivity index (χ1v) is 9.59. The highest BCUT2D eigenvalue weighted by atomic mass is 35.5. The maximum atomic E-state index is 11.9. The highest BCUT2D eigenvalue weighted by Gasteiger charge is 2.15. The second kappa shape index (κ2) is 9.13. The molecular weight excluding hydrogens is 399 g/mol. The lowest BCUT2D eigenvalue weighted by atomic mass is 10.2. The van der Waals surface area contributed by atoms with Crippen molar-refractivity contribution in [2.75, 3.05) is 6.61 Å². The van der Waals surface area contributed by atoms with Crippen molar-refractivity contribution in [2.24, 2.45) is 0 Å². The Balaban J connectivity index is 1.79. The monoisotopic (exact) mass is 418 g/mol. The number of rotatable bonds is 7. The number of aryl methyl sites for hydroxylation is 1. The van der Waals surface area contributed by atoms with Gasteiger partial charge in [0, 0.05) is 21.3 Å². The molecule has 0 unspecified atom stereocenters. The van der Waals surface area contributed by atoms with Crippen LogP contribution < -0.4 is 4.74 Å². The third kappa shape index (κ3) is 5.06. The number of ether oxygens (including phenoxy) is 2. The number of halogens is 2. The Morgan fingerprint density at radius 1 is 1.07 bits per heavy atom. The van der Waals surface area contributed by atoms with E-state index in [9.17, 15) is 4.79 Å². The summed E-state index contributed by atoms with van der Waals surface area (Å²) in [6, 6.07) is 14.6. The van der Waals surface area contributed by atoms with Gasteiger partial charge in [0.2, 0.25) is 0 Å². The average Bonchev–Trinajstić information content (AvgIpc) is 3.03. The van der Waals surface area contributed by atoms with Crippen molar-refractivity contribution in [1.29, 1.82) is 0 Å². The molecule has 0 atom stereocenters. The lowest BCUT2D eigenvalue weighted by Gasteiger charge is -2.13. The van der Waals surface area contributed by atoms with Gasteiger partial charge in [-0.25, -0.2) is 4.79 Å². The molecule has 0 saturated carbocycles. The number of aromatic nitrogens is 2. The second-order valence-electron chi connectivity index (χ2n) is 6.22. The zero-order valence-electron chi connectivity index (χ0n) is 15.6. The normalized spacial score (nSPS) is 10.7. The van der Waals surface area contributed by atoms with Crippen molar-refractivity contribution in [3.05, 3.63) is 81.1 Å². The standard InChI is InChI=1S/C21H20Cl2N2O3/c1-3-27-21(26)19-10-14(2)25(24-19)12-16-11-18(23)8-9-20(16)28-13-15-4-6-17(22)7-5-15/h4-11H,3,12-13H2,1-2H3. The largest absolute Gasteiger partial charge is 0.489 e. The Morgan fingerprint density at radius 2 is 1.79 bits per heavy atom. The van der Waals surface area contributed by atoms with Gasteiger partial charge in [-0.05, 0) is 55.8 Å². The molecule has 2 aromatic carbocycles. The van der Waals surface area contributed by atoms with Crippen LogP contribution in [-0.2, 0) is 17.9 Å². The first kappa shape index (κ1) is 20.2. The number of esters is 1. The van der Waals surface area contributed by atoms with Crippen molar-refractivity contribution in [2.45, 2.75) is 27.0 Å². The van der Waals surface area contributed by atoms with Crippen molar-refractivity contribution < 1.29 is 14.3 Å². The molecule has 1 aromatic heterocycles. The van der Waals surface area contributed by atoms with Crippen LogP contribution in [0.25, 0.3) is 0 Å². The molecule has 0 saturated heterocycles. The minimum absolute atomic E-state index is 0.282. The molecule has 0 fully saturated rings. The Bertz CT molecular complexity index is 968. The summed E-state index contributed by atoms with van der Waals surface area (Å²) in [6.07, 6.45) is 0. The van der Waals surface area contributed by atoms with Gasteiger partial charge >= 0.3 is 5.97 Å². The van der Waals surface area contributed by atoms with E-state index in [0.29, 0.717) is 35.6 Å². The summed E-state index contributed by atoms with van der Waals surface area (Å²) in [6.45, 7) is 4.77. The molecule has 0 aliphatic carbocycles. The summed E-state index contributed by atoms with van der Waals surface area (Å²) in [7, 11) is 0. The lowest BCUT2D eigenvalue weighted by molar-refractivity contribution is 0.0518. The highest BCUT2D eigenvalue weighted by molar-refractivity contribution is 6.30. The molecule has 146 valence electrons. The molecule has 0 aliphatic rings. The maximum Gasteiger partial charge on any atom is 0.358 e.